The third kappa shape index (κ3) is 3.87. The van der Waals surface area contributed by atoms with E-state index in [0.717, 1.165) is 18.5 Å². The number of nitrogens with zero attached hydrogens (tertiary/aromatic N) is 3. The molecule has 1 amide bonds. The molecule has 1 heterocycles. The minimum atomic E-state index is -0.118. The molecule has 0 bridgehead atoms. The van der Waals surface area contributed by atoms with E-state index < -0.39 is 0 Å². The Labute approximate surface area is 102 Å². The van der Waals surface area contributed by atoms with Gasteiger partial charge in [0.25, 0.3) is 5.91 Å². The van der Waals surface area contributed by atoms with Gasteiger partial charge >= 0.3 is 0 Å². The summed E-state index contributed by atoms with van der Waals surface area (Å²) in [6.45, 7) is 4.68. The molecule has 4 heteroatoms. The summed E-state index contributed by atoms with van der Waals surface area (Å²) < 4.78 is 0. The monoisotopic (exact) mass is 231 g/mol. The first-order valence-electron chi connectivity index (χ1n) is 5.78. The quantitative estimate of drug-likeness (QED) is 0.730. The van der Waals surface area contributed by atoms with Gasteiger partial charge < -0.3 is 4.90 Å². The van der Waals surface area contributed by atoms with E-state index in [0.29, 0.717) is 12.1 Å². The second-order valence-corrected chi connectivity index (χ2v) is 3.93. The van der Waals surface area contributed by atoms with Crippen molar-refractivity contribution in [1.29, 1.82) is 5.26 Å². The molecule has 1 aromatic heterocycles. The van der Waals surface area contributed by atoms with E-state index in [2.05, 4.69) is 11.9 Å². The van der Waals surface area contributed by atoms with Crippen molar-refractivity contribution in [2.45, 2.75) is 26.7 Å². The highest BCUT2D eigenvalue weighted by atomic mass is 16.2. The van der Waals surface area contributed by atoms with Crippen LogP contribution in [0.1, 0.15) is 35.8 Å². The molecular formula is C13H17N3O. The van der Waals surface area contributed by atoms with Gasteiger partial charge in [-0.1, -0.05) is 13.3 Å². The van der Waals surface area contributed by atoms with E-state index in [1.54, 1.807) is 23.2 Å². The number of unbranched alkanes of at least 4 members (excludes halogenated alkanes) is 1. The van der Waals surface area contributed by atoms with Crippen LogP contribution in [0.15, 0.2) is 18.3 Å². The van der Waals surface area contributed by atoms with Crippen LogP contribution in [0.3, 0.4) is 0 Å². The molecule has 0 aliphatic carbocycles. The zero-order valence-electron chi connectivity index (χ0n) is 10.3. The summed E-state index contributed by atoms with van der Waals surface area (Å²) in [4.78, 5) is 17.7. The van der Waals surface area contributed by atoms with Crippen molar-refractivity contribution in [3.63, 3.8) is 0 Å². The zero-order valence-corrected chi connectivity index (χ0v) is 10.3. The molecule has 0 radical (unpaired) electrons. The number of rotatable bonds is 5. The highest BCUT2D eigenvalue weighted by molar-refractivity contribution is 5.94. The lowest BCUT2D eigenvalue weighted by Crippen LogP contribution is -2.32. The first-order valence-corrected chi connectivity index (χ1v) is 5.78. The summed E-state index contributed by atoms with van der Waals surface area (Å²) in [6.07, 6.45) is 3.47. The number of pyridine rings is 1. The molecule has 0 unspecified atom stereocenters. The Morgan fingerprint density at radius 2 is 2.29 bits per heavy atom. The van der Waals surface area contributed by atoms with Crippen LogP contribution in [0.25, 0.3) is 0 Å². The Hall–Kier alpha value is -1.89. The Morgan fingerprint density at radius 3 is 2.82 bits per heavy atom. The fraction of sp³-hybridized carbons (Fsp3) is 0.462. The summed E-state index contributed by atoms with van der Waals surface area (Å²) in [6, 6.07) is 5.58. The smallest absolute Gasteiger partial charge is 0.256 e. The third-order valence-corrected chi connectivity index (χ3v) is 2.49. The molecule has 0 fully saturated rings. The SMILES string of the molecule is CCCCN(CC#N)C(=O)c1ccc(C)nc1. The molecule has 4 nitrogen and oxygen atoms in total. The van der Waals surface area contributed by atoms with Gasteiger partial charge in [0.15, 0.2) is 0 Å². The Bertz CT molecular complexity index is 406. The summed E-state index contributed by atoms with van der Waals surface area (Å²) in [5.41, 5.74) is 1.42. The van der Waals surface area contributed by atoms with Crippen LogP contribution >= 0.6 is 0 Å². The average molecular weight is 231 g/mol. The van der Waals surface area contributed by atoms with Crippen LogP contribution < -0.4 is 0 Å². The summed E-state index contributed by atoms with van der Waals surface area (Å²) in [5, 5.41) is 8.72. The molecule has 17 heavy (non-hydrogen) atoms. The predicted octanol–water partition coefficient (Wildman–Crippen LogP) is 2.16. The molecule has 0 spiro atoms. The second-order valence-electron chi connectivity index (χ2n) is 3.93. The van der Waals surface area contributed by atoms with Crippen molar-refractivity contribution < 1.29 is 4.79 Å². The fourth-order valence-corrected chi connectivity index (χ4v) is 1.46. The molecule has 0 atom stereocenters. The lowest BCUT2D eigenvalue weighted by Gasteiger charge is -2.19. The summed E-state index contributed by atoms with van der Waals surface area (Å²) >= 11 is 0. The first kappa shape index (κ1) is 13.2. The van der Waals surface area contributed by atoms with Crippen molar-refractivity contribution >= 4 is 5.91 Å². The van der Waals surface area contributed by atoms with E-state index in [-0.39, 0.29) is 12.5 Å². The largest absolute Gasteiger partial charge is 0.325 e. The van der Waals surface area contributed by atoms with Gasteiger partial charge in [-0.05, 0) is 25.5 Å². The van der Waals surface area contributed by atoms with Crippen LogP contribution in [0.2, 0.25) is 0 Å². The van der Waals surface area contributed by atoms with Gasteiger partial charge in [-0.25, -0.2) is 0 Å². The maximum absolute atomic E-state index is 12.1. The number of aromatic nitrogens is 1. The molecule has 0 aliphatic heterocycles. The van der Waals surface area contributed by atoms with E-state index in [1.165, 1.54) is 0 Å². The maximum atomic E-state index is 12.1. The van der Waals surface area contributed by atoms with E-state index >= 15 is 0 Å². The highest BCUT2D eigenvalue weighted by Crippen LogP contribution is 2.06. The van der Waals surface area contributed by atoms with Gasteiger partial charge in [0.2, 0.25) is 0 Å². The van der Waals surface area contributed by atoms with Crippen molar-refractivity contribution in [1.82, 2.24) is 9.88 Å². The lowest BCUT2D eigenvalue weighted by molar-refractivity contribution is 0.0773. The van der Waals surface area contributed by atoms with Gasteiger partial charge in [0.05, 0.1) is 11.6 Å². The molecule has 0 aliphatic rings. The lowest BCUT2D eigenvalue weighted by atomic mass is 10.2. The number of nitriles is 1. The van der Waals surface area contributed by atoms with E-state index in [1.807, 2.05) is 13.0 Å². The van der Waals surface area contributed by atoms with Crippen molar-refractivity contribution in [2.24, 2.45) is 0 Å². The molecule has 90 valence electrons. The van der Waals surface area contributed by atoms with Gasteiger partial charge in [-0.15, -0.1) is 0 Å². The molecule has 1 rings (SSSR count). The minimum absolute atomic E-state index is 0.118. The topological polar surface area (TPSA) is 57.0 Å². The average Bonchev–Trinajstić information content (AvgIpc) is 2.34. The van der Waals surface area contributed by atoms with E-state index in [9.17, 15) is 4.79 Å². The molecule has 0 saturated heterocycles. The number of hydrogen-bond donors (Lipinski definition) is 0. The number of hydrogen-bond acceptors (Lipinski definition) is 3. The molecule has 0 N–H and O–H groups in total. The van der Waals surface area contributed by atoms with Crippen LogP contribution in [-0.2, 0) is 0 Å². The van der Waals surface area contributed by atoms with E-state index in [4.69, 9.17) is 5.26 Å². The second kappa shape index (κ2) is 6.64. The van der Waals surface area contributed by atoms with Crippen LogP contribution in [0, 0.1) is 18.3 Å². The Morgan fingerprint density at radius 1 is 1.53 bits per heavy atom. The van der Waals surface area contributed by atoms with Crippen molar-refractivity contribution in [3.8, 4) is 6.07 Å². The maximum Gasteiger partial charge on any atom is 0.256 e. The predicted molar refractivity (Wildman–Crippen MR) is 65.4 cm³/mol. The van der Waals surface area contributed by atoms with Crippen LogP contribution in [0.5, 0.6) is 0 Å². The summed E-state index contributed by atoms with van der Waals surface area (Å²) in [5.74, 6) is -0.118. The van der Waals surface area contributed by atoms with Gasteiger partial charge in [0.1, 0.15) is 6.54 Å². The Balaban J connectivity index is 2.76. The van der Waals surface area contributed by atoms with Crippen LogP contribution in [-0.4, -0.2) is 28.9 Å². The molecule has 1 aromatic rings. The number of aryl methyl sites for hydroxylation is 1. The molecule has 0 saturated carbocycles. The minimum Gasteiger partial charge on any atom is -0.325 e. The number of carbonyl (C=O) groups excluding carboxylic acids is 1. The summed E-state index contributed by atoms with van der Waals surface area (Å²) in [7, 11) is 0. The van der Waals surface area contributed by atoms with Crippen molar-refractivity contribution in [3.05, 3.63) is 29.6 Å². The normalized spacial score (nSPS) is 9.71. The first-order chi connectivity index (χ1) is 8.19. The van der Waals surface area contributed by atoms with Gasteiger partial charge in [-0.2, -0.15) is 5.26 Å². The van der Waals surface area contributed by atoms with Crippen LogP contribution in [0.4, 0.5) is 0 Å². The molecular weight excluding hydrogens is 214 g/mol. The van der Waals surface area contributed by atoms with Gasteiger partial charge in [0, 0.05) is 18.4 Å². The Kier molecular flexibility index (Phi) is 5.15. The fourth-order valence-electron chi connectivity index (χ4n) is 1.46. The number of carbonyl (C=O) groups is 1. The zero-order chi connectivity index (χ0) is 12.7. The van der Waals surface area contributed by atoms with Gasteiger partial charge in [-0.3, -0.25) is 9.78 Å². The highest BCUT2D eigenvalue weighted by Gasteiger charge is 2.14. The standard InChI is InChI=1S/C13H17N3O/c1-3-4-8-16(9-7-14)13(17)12-6-5-11(2)15-10-12/h5-6,10H,3-4,8-9H2,1-2H3. The number of amides is 1. The molecule has 0 aromatic carbocycles. The van der Waals surface area contributed by atoms with Crippen molar-refractivity contribution in [2.75, 3.05) is 13.1 Å². The third-order valence-electron chi connectivity index (χ3n) is 2.49.